The maximum absolute atomic E-state index is 14.2. The lowest BCUT2D eigenvalue weighted by Crippen LogP contribution is -2.15. The largest absolute Gasteiger partial charge is 0.340 e. The van der Waals surface area contributed by atoms with Gasteiger partial charge in [0, 0.05) is 22.8 Å². The van der Waals surface area contributed by atoms with E-state index in [1.54, 1.807) is 48.6 Å². The third-order valence-electron chi connectivity index (χ3n) is 3.59. The first-order chi connectivity index (χ1) is 12.0. The predicted octanol–water partition coefficient (Wildman–Crippen LogP) is 4.40. The number of halogens is 2. The van der Waals surface area contributed by atoms with Crippen LogP contribution in [0.15, 0.2) is 65.7 Å². The zero-order chi connectivity index (χ0) is 17.8. The molecule has 0 bridgehead atoms. The molecule has 0 unspecified atom stereocenters. The molecule has 1 aromatic heterocycles. The van der Waals surface area contributed by atoms with Crippen LogP contribution in [0.5, 0.6) is 0 Å². The molecule has 0 fully saturated rings. The molecule has 0 saturated heterocycles. The number of carbonyl (C=O) groups is 1. The zero-order valence-electron chi connectivity index (χ0n) is 13.3. The van der Waals surface area contributed by atoms with Gasteiger partial charge in [0.2, 0.25) is 0 Å². The predicted molar refractivity (Wildman–Crippen MR) is 98.6 cm³/mol. The van der Waals surface area contributed by atoms with Gasteiger partial charge < -0.3 is 10.2 Å². The van der Waals surface area contributed by atoms with E-state index in [-0.39, 0.29) is 5.91 Å². The molecule has 0 aliphatic rings. The van der Waals surface area contributed by atoms with Gasteiger partial charge in [-0.1, -0.05) is 22.0 Å². The number of rotatable bonds is 4. The van der Waals surface area contributed by atoms with E-state index in [2.05, 4.69) is 31.2 Å². The first-order valence-electron chi connectivity index (χ1n) is 7.40. The fourth-order valence-electron chi connectivity index (χ4n) is 2.28. The van der Waals surface area contributed by atoms with E-state index in [1.165, 1.54) is 18.5 Å². The number of carbonyl (C=O) groups excluding carboxylic acids is 1. The number of amides is 1. The van der Waals surface area contributed by atoms with Crippen molar-refractivity contribution in [2.45, 2.75) is 0 Å². The first kappa shape index (κ1) is 17.0. The summed E-state index contributed by atoms with van der Waals surface area (Å²) in [6, 6.07) is 11.4. The van der Waals surface area contributed by atoms with E-state index in [4.69, 9.17) is 0 Å². The van der Waals surface area contributed by atoms with Gasteiger partial charge >= 0.3 is 0 Å². The molecule has 25 heavy (non-hydrogen) atoms. The van der Waals surface area contributed by atoms with E-state index in [1.807, 2.05) is 6.07 Å². The molecule has 3 rings (SSSR count). The molecular weight excluding hydrogens is 387 g/mol. The summed E-state index contributed by atoms with van der Waals surface area (Å²) in [5.41, 5.74) is 1.94. The molecule has 3 aromatic rings. The molecule has 2 aromatic carbocycles. The highest BCUT2D eigenvalue weighted by Crippen LogP contribution is 2.28. The fraction of sp³-hybridized carbons (Fsp3) is 0.0556. The SMILES string of the molecule is CN(c1cncnc1)c1cc(NC(=O)c2cccc(Br)c2)ccc1F. The third kappa shape index (κ3) is 4.00. The Kier molecular flexibility index (Phi) is 5.04. The Hall–Kier alpha value is -2.80. The number of anilines is 3. The first-order valence-corrected chi connectivity index (χ1v) is 8.19. The molecule has 7 heteroatoms. The smallest absolute Gasteiger partial charge is 0.255 e. The van der Waals surface area contributed by atoms with Crippen LogP contribution in [0.2, 0.25) is 0 Å². The second-order valence-electron chi connectivity index (χ2n) is 5.29. The van der Waals surface area contributed by atoms with Crippen molar-refractivity contribution >= 4 is 38.9 Å². The number of nitrogens with zero attached hydrogens (tertiary/aromatic N) is 3. The highest BCUT2D eigenvalue weighted by molar-refractivity contribution is 9.10. The van der Waals surface area contributed by atoms with Gasteiger partial charge in [-0.2, -0.15) is 0 Å². The van der Waals surface area contributed by atoms with Gasteiger partial charge in [0.05, 0.1) is 23.8 Å². The van der Waals surface area contributed by atoms with E-state index in [9.17, 15) is 9.18 Å². The lowest BCUT2D eigenvalue weighted by atomic mass is 10.2. The molecule has 0 aliphatic heterocycles. The van der Waals surface area contributed by atoms with Crippen LogP contribution in [0.25, 0.3) is 0 Å². The highest BCUT2D eigenvalue weighted by Gasteiger charge is 2.13. The van der Waals surface area contributed by atoms with Crippen molar-refractivity contribution in [3.8, 4) is 0 Å². The van der Waals surface area contributed by atoms with Gasteiger partial charge in [0.25, 0.3) is 5.91 Å². The quantitative estimate of drug-likeness (QED) is 0.704. The lowest BCUT2D eigenvalue weighted by Gasteiger charge is -2.20. The molecule has 0 saturated carbocycles. The molecule has 0 atom stereocenters. The monoisotopic (exact) mass is 400 g/mol. The van der Waals surface area contributed by atoms with Crippen molar-refractivity contribution in [1.82, 2.24) is 9.97 Å². The minimum atomic E-state index is -0.410. The summed E-state index contributed by atoms with van der Waals surface area (Å²) in [4.78, 5) is 21.8. The van der Waals surface area contributed by atoms with Crippen molar-refractivity contribution in [3.63, 3.8) is 0 Å². The van der Waals surface area contributed by atoms with Gasteiger partial charge in [0.1, 0.15) is 12.1 Å². The van der Waals surface area contributed by atoms with Crippen LogP contribution < -0.4 is 10.2 Å². The topological polar surface area (TPSA) is 58.1 Å². The number of aromatic nitrogens is 2. The molecular formula is C18H14BrFN4O. The Morgan fingerprint density at radius 2 is 1.92 bits per heavy atom. The average Bonchev–Trinajstić information content (AvgIpc) is 2.63. The van der Waals surface area contributed by atoms with Crippen molar-refractivity contribution in [2.24, 2.45) is 0 Å². The van der Waals surface area contributed by atoms with Crippen LogP contribution in [0.4, 0.5) is 21.5 Å². The summed E-state index contributed by atoms with van der Waals surface area (Å²) in [7, 11) is 1.71. The van der Waals surface area contributed by atoms with Crippen LogP contribution in [-0.4, -0.2) is 22.9 Å². The average molecular weight is 401 g/mol. The maximum Gasteiger partial charge on any atom is 0.255 e. The minimum Gasteiger partial charge on any atom is -0.340 e. The Labute approximate surface area is 152 Å². The van der Waals surface area contributed by atoms with Crippen molar-refractivity contribution < 1.29 is 9.18 Å². The summed E-state index contributed by atoms with van der Waals surface area (Å²) in [6.07, 6.45) is 4.57. The van der Waals surface area contributed by atoms with Gasteiger partial charge in [0.15, 0.2) is 0 Å². The van der Waals surface area contributed by atoms with E-state index in [0.29, 0.717) is 22.6 Å². The van der Waals surface area contributed by atoms with Crippen molar-refractivity contribution in [1.29, 1.82) is 0 Å². The molecule has 0 spiro atoms. The molecule has 1 heterocycles. The summed E-state index contributed by atoms with van der Waals surface area (Å²) >= 11 is 3.33. The molecule has 0 aliphatic carbocycles. The second kappa shape index (κ2) is 7.40. The van der Waals surface area contributed by atoms with E-state index in [0.717, 1.165) is 4.47 Å². The van der Waals surface area contributed by atoms with Gasteiger partial charge in [-0.05, 0) is 36.4 Å². The van der Waals surface area contributed by atoms with Crippen LogP contribution in [0, 0.1) is 5.82 Å². The summed E-state index contributed by atoms with van der Waals surface area (Å²) < 4.78 is 15.0. The van der Waals surface area contributed by atoms with Gasteiger partial charge in [-0.25, -0.2) is 14.4 Å². The van der Waals surface area contributed by atoms with Crippen LogP contribution in [0.3, 0.4) is 0 Å². The molecule has 5 nitrogen and oxygen atoms in total. The standard InChI is InChI=1S/C18H14BrFN4O/c1-24(15-9-21-11-22-10-15)17-8-14(5-6-16(17)20)23-18(25)12-3-2-4-13(19)7-12/h2-11H,1H3,(H,23,25). The molecule has 1 amide bonds. The van der Waals surface area contributed by atoms with Gasteiger partial charge in [-0.15, -0.1) is 0 Å². The second-order valence-corrected chi connectivity index (χ2v) is 6.20. The van der Waals surface area contributed by atoms with E-state index >= 15 is 0 Å². The normalized spacial score (nSPS) is 10.4. The Bertz CT molecular complexity index is 905. The van der Waals surface area contributed by atoms with Crippen LogP contribution in [-0.2, 0) is 0 Å². The highest BCUT2D eigenvalue weighted by atomic mass is 79.9. The molecule has 0 radical (unpaired) electrons. The number of benzene rings is 2. The number of hydrogen-bond acceptors (Lipinski definition) is 4. The fourth-order valence-corrected chi connectivity index (χ4v) is 2.68. The Balaban J connectivity index is 1.85. The maximum atomic E-state index is 14.2. The molecule has 126 valence electrons. The van der Waals surface area contributed by atoms with Crippen LogP contribution >= 0.6 is 15.9 Å². The van der Waals surface area contributed by atoms with Crippen LogP contribution in [0.1, 0.15) is 10.4 Å². The summed E-state index contributed by atoms with van der Waals surface area (Å²) in [6.45, 7) is 0. The molecule has 1 N–H and O–H groups in total. The van der Waals surface area contributed by atoms with Crippen molar-refractivity contribution in [3.05, 3.63) is 77.0 Å². The lowest BCUT2D eigenvalue weighted by molar-refractivity contribution is 0.102. The van der Waals surface area contributed by atoms with Crippen molar-refractivity contribution in [2.75, 3.05) is 17.3 Å². The van der Waals surface area contributed by atoms with E-state index < -0.39 is 5.82 Å². The van der Waals surface area contributed by atoms with Gasteiger partial charge in [-0.3, -0.25) is 4.79 Å². The summed E-state index contributed by atoms with van der Waals surface area (Å²) in [5.74, 6) is -0.684. The third-order valence-corrected chi connectivity index (χ3v) is 4.08. The Morgan fingerprint density at radius 1 is 1.16 bits per heavy atom. The zero-order valence-corrected chi connectivity index (χ0v) is 14.9. The Morgan fingerprint density at radius 3 is 2.64 bits per heavy atom. The number of nitrogens with one attached hydrogen (secondary N) is 1. The summed E-state index contributed by atoms with van der Waals surface area (Å²) in [5, 5.41) is 2.78. The minimum absolute atomic E-state index is 0.274. The number of hydrogen-bond donors (Lipinski definition) is 1.